The van der Waals surface area contributed by atoms with E-state index in [1.807, 2.05) is 78.9 Å². The Morgan fingerprint density at radius 1 is 0.865 bits per heavy atom. The Morgan fingerprint density at radius 2 is 1.46 bits per heavy atom. The fourth-order valence-electron chi connectivity index (χ4n) is 8.72. The minimum Gasteiger partial charge on any atom is -0.497 e. The van der Waals surface area contributed by atoms with Gasteiger partial charge in [0.2, 0.25) is 5.88 Å². The topological polar surface area (TPSA) is 188 Å². The molecule has 1 aliphatic rings. The first-order valence-corrected chi connectivity index (χ1v) is 28.7. The van der Waals surface area contributed by atoms with Crippen LogP contribution in [0.25, 0.3) is 11.2 Å². The van der Waals surface area contributed by atoms with Gasteiger partial charge in [-0.2, -0.15) is 19.6 Å². The van der Waals surface area contributed by atoms with Crippen molar-refractivity contribution >= 4 is 33.7 Å². The number of hydrogen-bond acceptors (Lipinski definition) is 15. The maximum absolute atomic E-state index is 15.8. The van der Waals surface area contributed by atoms with Gasteiger partial charge in [-0.3, -0.25) is 14.7 Å². The number of nitro benzene ring substituents is 1. The number of hydrogen-bond donors (Lipinski definition) is 0. The fraction of sp³-hybridized carbons (Fsp3) is 0.444. The third-order valence-corrected chi connectivity index (χ3v) is 20.0. The molecule has 7 rings (SSSR count). The van der Waals surface area contributed by atoms with Crippen molar-refractivity contribution in [3.63, 3.8) is 0 Å². The summed E-state index contributed by atoms with van der Waals surface area (Å²) in [6.07, 6.45) is -2.80. The lowest BCUT2D eigenvalue weighted by Gasteiger charge is -2.42. The van der Waals surface area contributed by atoms with E-state index < -0.39 is 58.0 Å². The van der Waals surface area contributed by atoms with E-state index in [0.717, 1.165) is 22.3 Å². The van der Waals surface area contributed by atoms with Gasteiger partial charge in [-0.1, -0.05) is 87.5 Å². The van der Waals surface area contributed by atoms with Crippen molar-refractivity contribution in [2.45, 2.75) is 122 Å². The molecule has 5 atom stereocenters. The normalized spacial score (nSPS) is 17.8. The molecule has 6 aromatic rings. The van der Waals surface area contributed by atoms with E-state index in [-0.39, 0.29) is 66.1 Å². The Balaban J connectivity index is 1.38. The number of methoxy groups -OCH3 is 2. The third-order valence-electron chi connectivity index (χ3n) is 13.4. The molecule has 0 N–H and O–H groups in total. The Kier molecular flexibility index (Phi) is 18.2. The summed E-state index contributed by atoms with van der Waals surface area (Å²) in [5, 5.41) is 20.6. The number of imidazole rings is 1. The van der Waals surface area contributed by atoms with E-state index in [2.05, 4.69) is 82.3 Å². The largest absolute Gasteiger partial charge is 0.497 e. The summed E-state index contributed by atoms with van der Waals surface area (Å²) in [4.78, 5) is 23.8. The lowest BCUT2D eigenvalue weighted by atomic mass is 9.80. The van der Waals surface area contributed by atoms with Gasteiger partial charge in [0, 0.05) is 30.6 Å². The molecular formula is C54H67FN7O10PSi. The molecular weight excluding hydrogens is 985 g/mol. The summed E-state index contributed by atoms with van der Waals surface area (Å²) in [5.74, 6) is 1.25. The maximum Gasteiger partial charge on any atom is 0.314 e. The van der Waals surface area contributed by atoms with Gasteiger partial charge >= 0.3 is 6.08 Å². The predicted molar refractivity (Wildman–Crippen MR) is 282 cm³/mol. The van der Waals surface area contributed by atoms with Crippen LogP contribution in [0.1, 0.15) is 83.4 Å². The van der Waals surface area contributed by atoms with Crippen molar-refractivity contribution < 1.29 is 46.5 Å². The SMILES string of the molecule is COc1ccc(C(OCC2OC(n3cnc4c(OCCc5ccc([N+](=O)[O-])cc5)nc(F)nc43)C(O[Si](C)(C)C(C)(C)C)C2OP(OCCC#N)N(C(C)C)C(C)C)(c2ccccc2)c2ccc(OC)cc2)cc1. The van der Waals surface area contributed by atoms with Crippen LogP contribution in [0.15, 0.2) is 109 Å². The molecule has 0 amide bonds. The lowest BCUT2D eigenvalue weighted by Crippen LogP contribution is -2.50. The molecule has 0 bridgehead atoms. The highest BCUT2D eigenvalue weighted by Gasteiger charge is 2.54. The second-order valence-electron chi connectivity index (χ2n) is 20.0. The molecule has 17 nitrogen and oxygen atoms in total. The fourth-order valence-corrected chi connectivity index (χ4v) is 11.8. The van der Waals surface area contributed by atoms with Gasteiger partial charge < -0.3 is 37.2 Å². The van der Waals surface area contributed by atoms with Crippen molar-refractivity contribution in [3.05, 3.63) is 148 Å². The molecule has 394 valence electrons. The summed E-state index contributed by atoms with van der Waals surface area (Å²) in [7, 11) is -1.40. The number of rotatable bonds is 24. The predicted octanol–water partition coefficient (Wildman–Crippen LogP) is 11.5. The Hall–Kier alpha value is -5.94. The van der Waals surface area contributed by atoms with Crippen LogP contribution in [0.3, 0.4) is 0 Å². The first-order valence-electron chi connectivity index (χ1n) is 24.6. The zero-order valence-corrected chi connectivity index (χ0v) is 45.8. The number of non-ortho nitro benzene ring substituents is 1. The number of fused-ring (bicyclic) bond motifs is 1. The summed E-state index contributed by atoms with van der Waals surface area (Å²) < 4.78 is 73.2. The molecule has 0 saturated carbocycles. The summed E-state index contributed by atoms with van der Waals surface area (Å²) >= 11 is 0. The number of nitro groups is 1. The van der Waals surface area contributed by atoms with Crippen LogP contribution in [-0.4, -0.2) is 102 Å². The van der Waals surface area contributed by atoms with Crippen molar-refractivity contribution in [2.75, 3.05) is 34.0 Å². The van der Waals surface area contributed by atoms with Gasteiger partial charge in [-0.05, 0) is 92.3 Å². The van der Waals surface area contributed by atoms with E-state index in [4.69, 9.17) is 42.1 Å². The number of halogens is 1. The molecule has 1 saturated heterocycles. The summed E-state index contributed by atoms with van der Waals surface area (Å²) in [6, 6.07) is 33.7. The van der Waals surface area contributed by atoms with E-state index in [1.54, 1.807) is 30.9 Å². The second kappa shape index (κ2) is 24.2. The highest BCUT2D eigenvalue weighted by molar-refractivity contribution is 7.44. The van der Waals surface area contributed by atoms with Gasteiger partial charge in [0.1, 0.15) is 35.4 Å². The average molecular weight is 1050 g/mol. The van der Waals surface area contributed by atoms with E-state index in [0.29, 0.717) is 17.9 Å². The number of aromatic nitrogens is 4. The van der Waals surface area contributed by atoms with Crippen molar-refractivity contribution in [1.29, 1.82) is 5.26 Å². The van der Waals surface area contributed by atoms with Crippen LogP contribution in [0.2, 0.25) is 18.1 Å². The zero-order valence-electron chi connectivity index (χ0n) is 43.9. The Bertz CT molecular complexity index is 2780. The van der Waals surface area contributed by atoms with Gasteiger partial charge in [0.15, 0.2) is 25.7 Å². The number of ether oxygens (including phenoxy) is 5. The first kappa shape index (κ1) is 55.8. The zero-order chi connectivity index (χ0) is 53.4. The number of benzene rings is 4. The molecule has 1 fully saturated rings. The van der Waals surface area contributed by atoms with Crippen molar-refractivity contribution in [1.82, 2.24) is 24.2 Å². The van der Waals surface area contributed by atoms with Gasteiger partial charge in [0.25, 0.3) is 14.2 Å². The van der Waals surface area contributed by atoms with E-state index >= 15 is 4.39 Å². The van der Waals surface area contributed by atoms with Gasteiger partial charge in [0.05, 0.1) is 57.8 Å². The lowest BCUT2D eigenvalue weighted by molar-refractivity contribution is -0.384. The third kappa shape index (κ3) is 12.4. The molecule has 5 unspecified atom stereocenters. The number of nitriles is 1. The molecule has 1 aliphatic heterocycles. The first-order chi connectivity index (χ1) is 35.3. The molecule has 3 heterocycles. The minimum atomic E-state index is -2.75. The van der Waals surface area contributed by atoms with Gasteiger partial charge in [-0.25, -0.2) is 9.65 Å². The Morgan fingerprint density at radius 3 is 2.00 bits per heavy atom. The molecule has 0 radical (unpaired) electrons. The van der Waals surface area contributed by atoms with Crippen LogP contribution in [0, 0.1) is 27.5 Å². The minimum absolute atomic E-state index is 0.0310. The van der Waals surface area contributed by atoms with Crippen LogP contribution in [0.5, 0.6) is 17.4 Å². The van der Waals surface area contributed by atoms with Crippen molar-refractivity contribution in [2.24, 2.45) is 0 Å². The average Bonchev–Trinajstić information content (AvgIpc) is 3.94. The molecule has 20 heteroatoms. The molecule has 0 aliphatic carbocycles. The summed E-state index contributed by atoms with van der Waals surface area (Å²) in [6.45, 7) is 19.1. The standard InChI is InChI=1S/C54H67FN7O10PSi/c1-36(2)61(37(3)4)73(69-32-15-31-56)71-47-45(34-68-54(39-16-13-12-14-17-39,40-20-26-43(65-8)27-21-40)41-22-28-44(66-9)29-23-41)70-51(48(47)72-74(10,11)53(5,6)7)60-35-57-46-49(60)58-52(55)59-50(46)67-33-30-38-18-24-42(25-19-38)62(63)64/h12-14,16-29,35-37,45,47-48,51H,15,30,32-34H2,1-11H3. The van der Waals surface area contributed by atoms with Gasteiger partial charge in [-0.15, -0.1) is 0 Å². The van der Waals surface area contributed by atoms with Crippen LogP contribution in [0.4, 0.5) is 10.1 Å². The van der Waals surface area contributed by atoms with Crippen LogP contribution >= 0.6 is 8.53 Å². The second-order valence-corrected chi connectivity index (χ2v) is 26.1. The summed E-state index contributed by atoms with van der Waals surface area (Å²) in [5.41, 5.74) is 2.19. The molecule has 0 spiro atoms. The highest BCUT2D eigenvalue weighted by Crippen LogP contribution is 2.53. The molecule has 4 aromatic carbocycles. The van der Waals surface area contributed by atoms with Crippen molar-refractivity contribution in [3.8, 4) is 23.4 Å². The van der Waals surface area contributed by atoms with E-state index in [9.17, 15) is 15.4 Å². The number of nitrogens with zero attached hydrogens (tertiary/aromatic N) is 7. The van der Waals surface area contributed by atoms with Crippen LogP contribution in [-0.2, 0) is 35.0 Å². The van der Waals surface area contributed by atoms with Crippen LogP contribution < -0.4 is 14.2 Å². The molecule has 74 heavy (non-hydrogen) atoms. The van der Waals surface area contributed by atoms with E-state index in [1.165, 1.54) is 18.5 Å². The monoisotopic (exact) mass is 1050 g/mol. The quantitative estimate of drug-likeness (QED) is 0.0106. The smallest absolute Gasteiger partial charge is 0.314 e. The highest BCUT2D eigenvalue weighted by atomic mass is 31.2. The molecule has 2 aromatic heterocycles. The Labute approximate surface area is 435 Å². The maximum atomic E-state index is 15.8.